The molecule has 37 heavy (non-hydrogen) atoms. The van der Waals surface area contributed by atoms with E-state index in [4.69, 9.17) is 14.8 Å². The molecular formula is C24H32N8O3S2. The van der Waals surface area contributed by atoms with Crippen LogP contribution in [0.5, 0.6) is 5.75 Å². The van der Waals surface area contributed by atoms with E-state index >= 15 is 0 Å². The zero-order chi connectivity index (χ0) is 26.3. The van der Waals surface area contributed by atoms with Crippen LogP contribution in [0, 0.1) is 0 Å². The summed E-state index contributed by atoms with van der Waals surface area (Å²) in [5, 5.41) is 14.2. The van der Waals surface area contributed by atoms with Crippen molar-refractivity contribution in [2.75, 3.05) is 50.2 Å². The van der Waals surface area contributed by atoms with Crippen molar-refractivity contribution < 1.29 is 13.2 Å². The number of methoxy groups -OCH3 is 1. The van der Waals surface area contributed by atoms with Gasteiger partial charge in [-0.15, -0.1) is 0 Å². The van der Waals surface area contributed by atoms with Crippen molar-refractivity contribution in [2.24, 2.45) is 0 Å². The number of anilines is 1. The van der Waals surface area contributed by atoms with Gasteiger partial charge in [-0.3, -0.25) is 10.00 Å². The molecule has 0 unspecified atom stereocenters. The molecule has 13 heteroatoms. The summed E-state index contributed by atoms with van der Waals surface area (Å²) in [7, 11) is -1.34. The van der Waals surface area contributed by atoms with E-state index in [-0.39, 0.29) is 17.7 Å². The number of rotatable bonds is 8. The van der Waals surface area contributed by atoms with Crippen LogP contribution in [-0.4, -0.2) is 94.4 Å². The number of piperazine rings is 1. The first-order valence-electron chi connectivity index (χ1n) is 12.2. The molecule has 0 saturated carbocycles. The number of nitrogens with zero attached hydrogens (tertiary/aromatic N) is 7. The molecule has 1 atom stereocenters. The Morgan fingerprint density at radius 1 is 1.27 bits per heavy atom. The van der Waals surface area contributed by atoms with Gasteiger partial charge >= 0.3 is 0 Å². The van der Waals surface area contributed by atoms with Crippen molar-refractivity contribution in [3.05, 3.63) is 30.4 Å². The minimum atomic E-state index is -2.96. The van der Waals surface area contributed by atoms with Gasteiger partial charge < -0.3 is 9.64 Å². The molecule has 0 bridgehead atoms. The first-order chi connectivity index (χ1) is 17.6. The quantitative estimate of drug-likeness (QED) is 0.357. The van der Waals surface area contributed by atoms with E-state index in [0.717, 1.165) is 52.2 Å². The molecule has 5 rings (SSSR count). The minimum Gasteiger partial charge on any atom is -0.493 e. The predicted molar refractivity (Wildman–Crippen MR) is 145 cm³/mol. The molecule has 5 heterocycles. The van der Waals surface area contributed by atoms with Crippen molar-refractivity contribution in [1.29, 1.82) is 0 Å². The Kier molecular flexibility index (Phi) is 6.94. The second-order valence-electron chi connectivity index (χ2n) is 9.82. The Morgan fingerprint density at radius 2 is 2.08 bits per heavy atom. The van der Waals surface area contributed by atoms with Crippen LogP contribution in [0.15, 0.2) is 24.8 Å². The minimum absolute atomic E-state index is 0.195. The van der Waals surface area contributed by atoms with E-state index in [2.05, 4.69) is 45.8 Å². The summed E-state index contributed by atoms with van der Waals surface area (Å²) in [5.74, 6) is 1.03. The van der Waals surface area contributed by atoms with E-state index in [1.54, 1.807) is 23.0 Å². The monoisotopic (exact) mass is 544 g/mol. The van der Waals surface area contributed by atoms with Gasteiger partial charge in [-0.2, -0.15) is 10.2 Å². The Balaban J connectivity index is 1.41. The molecule has 1 N–H and O–H groups in total. The number of nitrogens with one attached hydrogen (secondary N) is 1. The molecule has 4 aromatic rings. The highest BCUT2D eigenvalue weighted by Gasteiger charge is 2.27. The maximum atomic E-state index is 11.6. The van der Waals surface area contributed by atoms with Gasteiger partial charge in [0.1, 0.15) is 26.2 Å². The lowest BCUT2D eigenvalue weighted by Gasteiger charge is -2.40. The molecule has 1 aliphatic heterocycles. The van der Waals surface area contributed by atoms with Crippen LogP contribution in [0.2, 0.25) is 0 Å². The van der Waals surface area contributed by atoms with Gasteiger partial charge in [-0.25, -0.2) is 22.9 Å². The first kappa shape index (κ1) is 25.6. The topological polar surface area (TPSA) is 122 Å². The Morgan fingerprint density at radius 3 is 2.78 bits per heavy atom. The number of hydrogen-bond acceptors (Lipinski definition) is 10. The van der Waals surface area contributed by atoms with Crippen LogP contribution in [0.3, 0.4) is 0 Å². The summed E-state index contributed by atoms with van der Waals surface area (Å²) in [6.07, 6.45) is 6.64. The molecule has 4 aromatic heterocycles. The number of thiazole rings is 1. The standard InChI is InChI=1S/C24H32N8O3S2/c1-15(2)20-21(17-10-18(35-4)23-26-14-27-32(23)13-17)28-29-22(20)24-25-11-19(36-24)31-7-6-30(12-16(31)3)8-9-37(5,33)34/h10-11,13-16H,6-9,12H2,1-5H3,(H,28,29)/t16-/m0/s1. The Bertz CT molecular complexity index is 1510. The third kappa shape index (κ3) is 5.20. The van der Waals surface area contributed by atoms with Gasteiger partial charge in [0.15, 0.2) is 11.4 Å². The first-order valence-corrected chi connectivity index (χ1v) is 15.1. The summed E-state index contributed by atoms with van der Waals surface area (Å²) < 4.78 is 30.4. The lowest BCUT2D eigenvalue weighted by Crippen LogP contribution is -2.52. The zero-order valence-corrected chi connectivity index (χ0v) is 23.3. The van der Waals surface area contributed by atoms with Gasteiger partial charge in [-0.05, 0) is 18.9 Å². The maximum absolute atomic E-state index is 11.6. The van der Waals surface area contributed by atoms with Crippen molar-refractivity contribution >= 4 is 31.8 Å². The molecule has 1 aliphatic rings. The second kappa shape index (κ2) is 10.0. The van der Waals surface area contributed by atoms with Crippen molar-refractivity contribution in [3.8, 4) is 27.7 Å². The average Bonchev–Trinajstić information content (AvgIpc) is 3.60. The zero-order valence-electron chi connectivity index (χ0n) is 21.7. The van der Waals surface area contributed by atoms with Crippen LogP contribution >= 0.6 is 11.3 Å². The van der Waals surface area contributed by atoms with Gasteiger partial charge in [0.05, 0.1) is 30.4 Å². The highest BCUT2D eigenvalue weighted by molar-refractivity contribution is 7.90. The van der Waals surface area contributed by atoms with Crippen LogP contribution < -0.4 is 9.64 Å². The van der Waals surface area contributed by atoms with E-state index in [9.17, 15) is 8.42 Å². The van der Waals surface area contributed by atoms with Crippen molar-refractivity contribution in [3.63, 3.8) is 0 Å². The molecule has 11 nitrogen and oxygen atoms in total. The highest BCUT2D eigenvalue weighted by atomic mass is 32.2. The molecule has 198 valence electrons. The van der Waals surface area contributed by atoms with E-state index in [1.807, 2.05) is 18.5 Å². The van der Waals surface area contributed by atoms with Crippen LogP contribution in [0.4, 0.5) is 5.00 Å². The van der Waals surface area contributed by atoms with Crippen LogP contribution in [-0.2, 0) is 9.84 Å². The molecule has 0 amide bonds. The van der Waals surface area contributed by atoms with Crippen molar-refractivity contribution in [2.45, 2.75) is 32.7 Å². The van der Waals surface area contributed by atoms with E-state index < -0.39 is 9.84 Å². The maximum Gasteiger partial charge on any atom is 0.197 e. The second-order valence-corrected chi connectivity index (χ2v) is 13.1. The van der Waals surface area contributed by atoms with Crippen molar-refractivity contribution in [1.82, 2.24) is 34.7 Å². The number of aromatic amines is 1. The molecule has 1 fully saturated rings. The van der Waals surface area contributed by atoms with Gasteiger partial charge in [-0.1, -0.05) is 25.2 Å². The summed E-state index contributed by atoms with van der Waals surface area (Å²) in [6, 6.07) is 2.19. The average molecular weight is 545 g/mol. The normalized spacial score (nSPS) is 17.2. The summed E-state index contributed by atoms with van der Waals surface area (Å²) >= 11 is 1.64. The largest absolute Gasteiger partial charge is 0.493 e. The third-order valence-corrected chi connectivity index (χ3v) is 8.67. The summed E-state index contributed by atoms with van der Waals surface area (Å²) in [6.45, 7) is 9.52. The lowest BCUT2D eigenvalue weighted by atomic mass is 9.97. The lowest BCUT2D eigenvalue weighted by molar-refractivity contribution is 0.241. The fourth-order valence-electron chi connectivity index (χ4n) is 4.84. The third-order valence-electron chi connectivity index (χ3n) is 6.70. The number of sulfone groups is 1. The van der Waals surface area contributed by atoms with Crippen LogP contribution in [0.1, 0.15) is 32.3 Å². The number of aromatic nitrogens is 6. The predicted octanol–water partition coefficient (Wildman–Crippen LogP) is 2.93. The number of fused-ring (bicyclic) bond motifs is 1. The molecule has 0 spiro atoms. The SMILES string of the molecule is COc1cc(-c2n[nH]c(-c3ncc(N4CCN(CCS(C)(=O)=O)C[C@@H]4C)s3)c2C(C)C)cn2ncnc12. The number of pyridine rings is 1. The highest BCUT2D eigenvalue weighted by Crippen LogP contribution is 2.40. The smallest absolute Gasteiger partial charge is 0.197 e. The Labute approximate surface area is 220 Å². The van der Waals surface area contributed by atoms with Gasteiger partial charge in [0.2, 0.25) is 0 Å². The molecule has 0 aromatic carbocycles. The van der Waals surface area contributed by atoms with Gasteiger partial charge in [0.25, 0.3) is 0 Å². The molecule has 1 saturated heterocycles. The van der Waals surface area contributed by atoms with E-state index in [0.29, 0.717) is 17.9 Å². The molecule has 0 aliphatic carbocycles. The number of ether oxygens (including phenoxy) is 1. The number of H-pyrrole nitrogens is 1. The molecule has 0 radical (unpaired) electrons. The fraction of sp³-hybridized carbons (Fsp3) is 0.500. The van der Waals surface area contributed by atoms with Crippen LogP contribution in [0.25, 0.3) is 27.6 Å². The Hall–Kier alpha value is -3.03. The fourth-order valence-corrected chi connectivity index (χ4v) is 6.49. The summed E-state index contributed by atoms with van der Waals surface area (Å²) in [5.41, 5.74) is 4.38. The number of hydrogen-bond donors (Lipinski definition) is 1. The summed E-state index contributed by atoms with van der Waals surface area (Å²) in [4.78, 5) is 13.6. The van der Waals surface area contributed by atoms with Gasteiger partial charge in [0, 0.05) is 55.8 Å². The van der Waals surface area contributed by atoms with E-state index in [1.165, 1.54) is 12.6 Å². The molecular weight excluding hydrogens is 512 g/mol.